The highest BCUT2D eigenvalue weighted by Gasteiger charge is 2.20. The van der Waals surface area contributed by atoms with Gasteiger partial charge in [-0.1, -0.05) is 23.9 Å². The first-order chi connectivity index (χ1) is 13.5. The van der Waals surface area contributed by atoms with E-state index >= 15 is 0 Å². The van der Waals surface area contributed by atoms with Crippen molar-refractivity contribution in [1.82, 2.24) is 9.55 Å². The van der Waals surface area contributed by atoms with E-state index in [-0.39, 0.29) is 11.3 Å². The smallest absolute Gasteiger partial charge is 0.262 e. The molecule has 0 N–H and O–H groups in total. The fraction of sp³-hybridized carbons (Fsp3) is 0.286. The monoisotopic (exact) mass is 398 g/mol. The molecule has 0 saturated carbocycles. The lowest BCUT2D eigenvalue weighted by Gasteiger charge is -2.16. The van der Waals surface area contributed by atoms with Crippen LogP contribution in [0.5, 0.6) is 5.75 Å². The molecule has 0 unspecified atom stereocenters. The molecule has 1 heterocycles. The highest BCUT2D eigenvalue weighted by molar-refractivity contribution is 8.00. The van der Waals surface area contributed by atoms with Crippen LogP contribution in [0.3, 0.4) is 0 Å². The molecule has 0 fully saturated rings. The number of fused-ring (bicyclic) bond motifs is 1. The van der Waals surface area contributed by atoms with Crippen LogP contribution in [0.1, 0.15) is 17.3 Å². The lowest BCUT2D eigenvalue weighted by Crippen LogP contribution is -2.26. The first kappa shape index (κ1) is 20.1. The Labute approximate surface area is 167 Å². The first-order valence-corrected chi connectivity index (χ1v) is 9.76. The van der Waals surface area contributed by atoms with Gasteiger partial charge in [0.05, 0.1) is 36.4 Å². The Morgan fingerprint density at radius 3 is 2.54 bits per heavy atom. The minimum absolute atomic E-state index is 0.0339. The van der Waals surface area contributed by atoms with Crippen molar-refractivity contribution in [2.45, 2.75) is 23.9 Å². The molecule has 0 spiro atoms. The summed E-state index contributed by atoms with van der Waals surface area (Å²) in [4.78, 5) is 30.4. The van der Waals surface area contributed by atoms with Gasteiger partial charge in [0, 0.05) is 12.7 Å². The molecule has 0 radical (unpaired) electrons. The SMILES string of the molecule is COCCn1c(S[C@@H](C)C(=O)c2ccc(OC)cc2)nc2ccccc2c1=O. The van der Waals surface area contributed by atoms with Crippen LogP contribution in [0.15, 0.2) is 58.5 Å². The topological polar surface area (TPSA) is 70.4 Å². The van der Waals surface area contributed by atoms with Crippen LogP contribution in [0.4, 0.5) is 0 Å². The molecule has 3 aromatic rings. The molecular formula is C21H22N2O4S. The summed E-state index contributed by atoms with van der Waals surface area (Å²) in [7, 11) is 3.17. The largest absolute Gasteiger partial charge is 0.497 e. The Bertz CT molecular complexity index is 1030. The second-order valence-electron chi connectivity index (χ2n) is 6.21. The normalized spacial score (nSPS) is 12.1. The van der Waals surface area contributed by atoms with Gasteiger partial charge in [0.1, 0.15) is 5.75 Å². The number of benzene rings is 2. The number of methoxy groups -OCH3 is 2. The fourth-order valence-electron chi connectivity index (χ4n) is 2.82. The molecule has 6 nitrogen and oxygen atoms in total. The number of thioether (sulfide) groups is 1. The third-order valence-electron chi connectivity index (χ3n) is 4.37. The van der Waals surface area contributed by atoms with Crippen molar-refractivity contribution in [3.63, 3.8) is 0 Å². The van der Waals surface area contributed by atoms with E-state index in [1.807, 2.05) is 19.1 Å². The Morgan fingerprint density at radius 2 is 1.86 bits per heavy atom. The number of ether oxygens (including phenoxy) is 2. The molecule has 1 atom stereocenters. The molecule has 0 saturated heterocycles. The third-order valence-corrected chi connectivity index (χ3v) is 5.46. The van der Waals surface area contributed by atoms with Gasteiger partial charge in [0.25, 0.3) is 5.56 Å². The molecule has 3 rings (SSSR count). The maximum atomic E-state index is 12.9. The number of aromatic nitrogens is 2. The van der Waals surface area contributed by atoms with Gasteiger partial charge in [-0.25, -0.2) is 4.98 Å². The minimum atomic E-state index is -0.407. The molecule has 0 amide bonds. The number of hydrogen-bond donors (Lipinski definition) is 0. The average Bonchev–Trinajstić information content (AvgIpc) is 2.73. The van der Waals surface area contributed by atoms with Gasteiger partial charge in [-0.3, -0.25) is 14.2 Å². The Morgan fingerprint density at radius 1 is 1.14 bits per heavy atom. The summed E-state index contributed by atoms with van der Waals surface area (Å²) in [5, 5.41) is 0.655. The van der Waals surface area contributed by atoms with Crippen LogP contribution in [0.25, 0.3) is 10.9 Å². The quantitative estimate of drug-likeness (QED) is 0.329. The minimum Gasteiger partial charge on any atom is -0.497 e. The maximum Gasteiger partial charge on any atom is 0.262 e. The molecule has 28 heavy (non-hydrogen) atoms. The van der Waals surface area contributed by atoms with Gasteiger partial charge in [0.2, 0.25) is 0 Å². The lowest BCUT2D eigenvalue weighted by atomic mass is 10.1. The van der Waals surface area contributed by atoms with E-state index in [0.717, 1.165) is 0 Å². The number of hydrogen-bond acceptors (Lipinski definition) is 6. The zero-order valence-electron chi connectivity index (χ0n) is 16.0. The second kappa shape index (κ2) is 9.03. The highest BCUT2D eigenvalue weighted by atomic mass is 32.2. The van der Waals surface area contributed by atoms with Crippen molar-refractivity contribution < 1.29 is 14.3 Å². The number of nitrogens with zero attached hydrogens (tertiary/aromatic N) is 2. The van der Waals surface area contributed by atoms with Crippen molar-refractivity contribution in [3.05, 3.63) is 64.4 Å². The molecule has 2 aromatic carbocycles. The van der Waals surface area contributed by atoms with E-state index in [1.54, 1.807) is 55.2 Å². The van der Waals surface area contributed by atoms with Crippen LogP contribution in [0.2, 0.25) is 0 Å². The molecule has 0 aliphatic rings. The molecule has 1 aromatic heterocycles. The van der Waals surface area contributed by atoms with Gasteiger partial charge in [0.15, 0.2) is 10.9 Å². The number of carbonyl (C=O) groups excluding carboxylic acids is 1. The Kier molecular flexibility index (Phi) is 6.49. The van der Waals surface area contributed by atoms with Gasteiger partial charge < -0.3 is 9.47 Å². The first-order valence-electron chi connectivity index (χ1n) is 8.88. The van der Waals surface area contributed by atoms with E-state index in [4.69, 9.17) is 9.47 Å². The second-order valence-corrected chi connectivity index (χ2v) is 7.52. The predicted molar refractivity (Wildman–Crippen MR) is 111 cm³/mol. The van der Waals surface area contributed by atoms with Crippen LogP contribution in [-0.4, -0.2) is 41.4 Å². The summed E-state index contributed by atoms with van der Waals surface area (Å²) in [5.74, 6) is 0.662. The lowest BCUT2D eigenvalue weighted by molar-refractivity contribution is 0.0993. The van der Waals surface area contributed by atoms with E-state index in [0.29, 0.717) is 40.5 Å². The summed E-state index contributed by atoms with van der Waals surface area (Å²) in [6.07, 6.45) is 0. The number of Topliss-reactive ketones (excluding diaryl/α,β-unsaturated/α-hetero) is 1. The van der Waals surface area contributed by atoms with Crippen molar-refractivity contribution in [2.24, 2.45) is 0 Å². The predicted octanol–water partition coefficient (Wildman–Crippen LogP) is 3.42. The van der Waals surface area contributed by atoms with Crippen molar-refractivity contribution in [2.75, 3.05) is 20.8 Å². The Balaban J connectivity index is 1.92. The van der Waals surface area contributed by atoms with Crippen LogP contribution < -0.4 is 10.3 Å². The van der Waals surface area contributed by atoms with Gasteiger partial charge in [-0.15, -0.1) is 0 Å². The summed E-state index contributed by atoms with van der Waals surface area (Å²) in [6.45, 7) is 2.58. The molecule has 7 heteroatoms. The summed E-state index contributed by atoms with van der Waals surface area (Å²) in [5.41, 5.74) is 1.08. The summed E-state index contributed by atoms with van der Waals surface area (Å²) >= 11 is 1.28. The average molecular weight is 398 g/mol. The van der Waals surface area contributed by atoms with Gasteiger partial charge in [-0.2, -0.15) is 0 Å². The number of carbonyl (C=O) groups is 1. The third kappa shape index (κ3) is 4.26. The van der Waals surface area contributed by atoms with Gasteiger partial charge >= 0.3 is 0 Å². The highest BCUT2D eigenvalue weighted by Crippen LogP contribution is 2.25. The van der Waals surface area contributed by atoms with E-state index in [2.05, 4.69) is 4.98 Å². The van der Waals surface area contributed by atoms with Crippen LogP contribution in [0, 0.1) is 0 Å². The van der Waals surface area contributed by atoms with Gasteiger partial charge in [-0.05, 0) is 43.3 Å². The molecule has 146 valence electrons. The molecule has 0 bridgehead atoms. The van der Waals surface area contributed by atoms with Crippen molar-refractivity contribution >= 4 is 28.4 Å². The molecular weight excluding hydrogens is 376 g/mol. The summed E-state index contributed by atoms with van der Waals surface area (Å²) in [6, 6.07) is 14.2. The maximum absolute atomic E-state index is 12.9. The van der Waals surface area contributed by atoms with Crippen LogP contribution in [-0.2, 0) is 11.3 Å². The fourth-order valence-corrected chi connectivity index (χ4v) is 3.83. The number of ketones is 1. The molecule has 0 aliphatic heterocycles. The zero-order chi connectivity index (χ0) is 20.1. The van der Waals surface area contributed by atoms with Crippen molar-refractivity contribution in [3.8, 4) is 5.75 Å². The standard InChI is InChI=1S/C21H22N2O4S/c1-14(19(24)15-8-10-16(27-3)11-9-15)28-21-22-18-7-5-4-6-17(18)20(25)23(21)12-13-26-2/h4-11,14H,12-13H2,1-3H3/t14-/m0/s1. The van der Waals surface area contributed by atoms with E-state index in [1.165, 1.54) is 11.8 Å². The van der Waals surface area contributed by atoms with E-state index < -0.39 is 5.25 Å². The zero-order valence-corrected chi connectivity index (χ0v) is 16.9. The van der Waals surface area contributed by atoms with E-state index in [9.17, 15) is 9.59 Å². The molecule has 0 aliphatic carbocycles. The van der Waals surface area contributed by atoms with Crippen LogP contribution >= 0.6 is 11.8 Å². The van der Waals surface area contributed by atoms with Crippen molar-refractivity contribution in [1.29, 1.82) is 0 Å². The Hall–Kier alpha value is -2.64. The summed E-state index contributed by atoms with van der Waals surface area (Å²) < 4.78 is 11.8. The number of para-hydroxylation sites is 1. The number of rotatable bonds is 8.